The van der Waals surface area contributed by atoms with Gasteiger partial charge in [-0.3, -0.25) is 9.59 Å². The summed E-state index contributed by atoms with van der Waals surface area (Å²) in [4.78, 5) is 42.1. The summed E-state index contributed by atoms with van der Waals surface area (Å²) in [6, 6.07) is 3.51. The molecule has 3 aliphatic rings. The van der Waals surface area contributed by atoms with Crippen LogP contribution in [0.25, 0.3) is 0 Å². The zero-order valence-electron chi connectivity index (χ0n) is 15.1. The molecule has 11 heteroatoms. The molecule has 8 nitrogen and oxygen atoms in total. The van der Waals surface area contributed by atoms with Gasteiger partial charge in [-0.2, -0.15) is 0 Å². The molecular formula is C18H17F3N4O4. The molecule has 4 amide bonds. The van der Waals surface area contributed by atoms with E-state index in [1.165, 1.54) is 26.8 Å². The molecule has 0 bridgehead atoms. The number of halogens is 3. The van der Waals surface area contributed by atoms with Crippen LogP contribution >= 0.6 is 0 Å². The maximum atomic E-state index is 12.7. The van der Waals surface area contributed by atoms with Crippen molar-refractivity contribution in [1.82, 2.24) is 14.7 Å². The first-order chi connectivity index (χ1) is 13.7. The molecule has 3 aliphatic heterocycles. The standard InChI is InChI=1S/C18H17F3N4O4/c19-18(20,21)29-12-5-3-11(4-6-12)22-17(28)23-8-9-25-14(10-23)16(27)24-7-1-2-13(24)15(25)26/h2-6,14H,1,7-10H2,(H,22,28)/t14-/m0/s1. The molecule has 0 spiro atoms. The van der Waals surface area contributed by atoms with Gasteiger partial charge >= 0.3 is 12.4 Å². The first-order valence-electron chi connectivity index (χ1n) is 8.97. The smallest absolute Gasteiger partial charge is 0.406 e. The van der Waals surface area contributed by atoms with Gasteiger partial charge in [0.2, 0.25) is 0 Å². The van der Waals surface area contributed by atoms with Gasteiger partial charge in [0.1, 0.15) is 17.5 Å². The summed E-state index contributed by atoms with van der Waals surface area (Å²) in [5.74, 6) is -0.809. The number of anilines is 1. The Morgan fingerprint density at radius 1 is 1.10 bits per heavy atom. The van der Waals surface area contributed by atoms with Gasteiger partial charge in [0.25, 0.3) is 11.8 Å². The van der Waals surface area contributed by atoms with Crippen LogP contribution in [0, 0.1) is 0 Å². The lowest BCUT2D eigenvalue weighted by atomic mass is 10.1. The van der Waals surface area contributed by atoms with Gasteiger partial charge in [-0.15, -0.1) is 13.2 Å². The summed E-state index contributed by atoms with van der Waals surface area (Å²) in [6.45, 7) is 0.981. The Labute approximate surface area is 163 Å². The highest BCUT2D eigenvalue weighted by Crippen LogP contribution is 2.28. The number of urea groups is 1. The molecule has 2 saturated heterocycles. The Bertz CT molecular complexity index is 884. The first-order valence-corrected chi connectivity index (χ1v) is 8.97. The number of amides is 4. The van der Waals surface area contributed by atoms with Crippen molar-refractivity contribution in [2.45, 2.75) is 18.8 Å². The van der Waals surface area contributed by atoms with Crippen LogP contribution in [0.4, 0.5) is 23.7 Å². The minimum absolute atomic E-state index is 0.0510. The molecular weight excluding hydrogens is 393 g/mol. The largest absolute Gasteiger partial charge is 0.573 e. The summed E-state index contributed by atoms with van der Waals surface area (Å²) < 4.78 is 40.4. The van der Waals surface area contributed by atoms with Gasteiger partial charge in [-0.05, 0) is 30.7 Å². The summed E-state index contributed by atoms with van der Waals surface area (Å²) in [5, 5.41) is 2.58. The van der Waals surface area contributed by atoms with Gasteiger partial charge in [0.15, 0.2) is 0 Å². The van der Waals surface area contributed by atoms with Crippen LogP contribution in [-0.2, 0) is 9.59 Å². The van der Waals surface area contributed by atoms with Crippen LogP contribution in [0.15, 0.2) is 36.0 Å². The maximum absolute atomic E-state index is 12.7. The first kappa shape index (κ1) is 19.1. The molecule has 0 unspecified atom stereocenters. The highest BCUT2D eigenvalue weighted by Gasteiger charge is 2.47. The summed E-state index contributed by atoms with van der Waals surface area (Å²) in [7, 11) is 0. The van der Waals surface area contributed by atoms with Crippen molar-refractivity contribution in [2.75, 3.05) is 31.5 Å². The van der Waals surface area contributed by atoms with Crippen LogP contribution in [0.5, 0.6) is 5.75 Å². The molecule has 0 aliphatic carbocycles. The van der Waals surface area contributed by atoms with Crippen molar-refractivity contribution in [1.29, 1.82) is 0 Å². The van der Waals surface area contributed by atoms with E-state index >= 15 is 0 Å². The maximum Gasteiger partial charge on any atom is 0.573 e. The van der Waals surface area contributed by atoms with Crippen molar-refractivity contribution in [3.05, 3.63) is 36.0 Å². The second-order valence-corrected chi connectivity index (χ2v) is 6.83. The number of alkyl halides is 3. The number of benzene rings is 1. The average Bonchev–Trinajstić information content (AvgIpc) is 3.16. The van der Waals surface area contributed by atoms with E-state index in [0.29, 0.717) is 18.7 Å². The second kappa shape index (κ2) is 6.98. The van der Waals surface area contributed by atoms with E-state index < -0.39 is 24.2 Å². The molecule has 29 heavy (non-hydrogen) atoms. The van der Waals surface area contributed by atoms with Crippen molar-refractivity contribution < 1.29 is 32.3 Å². The highest BCUT2D eigenvalue weighted by molar-refractivity contribution is 6.05. The van der Waals surface area contributed by atoms with E-state index in [-0.39, 0.29) is 37.1 Å². The second-order valence-electron chi connectivity index (χ2n) is 6.83. The Balaban J connectivity index is 1.40. The van der Waals surface area contributed by atoms with E-state index in [4.69, 9.17) is 0 Å². The number of carbonyl (C=O) groups is 3. The van der Waals surface area contributed by atoms with Crippen LogP contribution in [-0.4, -0.2) is 71.1 Å². The SMILES string of the molecule is O=C(Nc1ccc(OC(F)(F)F)cc1)N1CCN2C(=O)C3=CCCN3C(=O)[C@@H]2C1. The third kappa shape index (κ3) is 3.71. The lowest BCUT2D eigenvalue weighted by Gasteiger charge is -2.45. The van der Waals surface area contributed by atoms with Crippen LogP contribution in [0.3, 0.4) is 0 Å². The Morgan fingerprint density at radius 2 is 1.83 bits per heavy atom. The lowest BCUT2D eigenvalue weighted by Crippen LogP contribution is -2.66. The third-order valence-corrected chi connectivity index (χ3v) is 5.02. The number of rotatable bonds is 2. The van der Waals surface area contributed by atoms with Gasteiger partial charge in [0, 0.05) is 25.3 Å². The van der Waals surface area contributed by atoms with Gasteiger partial charge < -0.3 is 24.8 Å². The van der Waals surface area contributed by atoms with Gasteiger partial charge in [-0.25, -0.2) is 4.79 Å². The zero-order valence-corrected chi connectivity index (χ0v) is 15.1. The highest BCUT2D eigenvalue weighted by atomic mass is 19.4. The number of nitrogens with zero attached hydrogens (tertiary/aromatic N) is 3. The van der Waals surface area contributed by atoms with Crippen LogP contribution in [0.2, 0.25) is 0 Å². The molecule has 1 aromatic rings. The number of hydrogen-bond donors (Lipinski definition) is 1. The minimum Gasteiger partial charge on any atom is -0.406 e. The minimum atomic E-state index is -4.79. The van der Waals surface area contributed by atoms with Crippen LogP contribution in [0.1, 0.15) is 6.42 Å². The molecule has 154 valence electrons. The van der Waals surface area contributed by atoms with Gasteiger partial charge in [-0.1, -0.05) is 6.08 Å². The summed E-state index contributed by atoms with van der Waals surface area (Å²) in [5.41, 5.74) is 0.688. The molecule has 0 aromatic heterocycles. The monoisotopic (exact) mass is 410 g/mol. The Kier molecular flexibility index (Phi) is 4.59. The molecule has 2 fully saturated rings. The molecule has 1 atom stereocenters. The van der Waals surface area contributed by atoms with E-state index in [1.807, 2.05) is 0 Å². The topological polar surface area (TPSA) is 82.2 Å². The zero-order chi connectivity index (χ0) is 20.8. The predicted molar refractivity (Wildman–Crippen MR) is 93.6 cm³/mol. The van der Waals surface area contributed by atoms with Crippen molar-refractivity contribution in [2.24, 2.45) is 0 Å². The normalized spacial score (nSPS) is 21.6. The molecule has 3 heterocycles. The fraction of sp³-hybridized carbons (Fsp3) is 0.389. The Hall–Kier alpha value is -3.24. The third-order valence-electron chi connectivity index (χ3n) is 5.02. The van der Waals surface area contributed by atoms with Gasteiger partial charge in [0.05, 0.1) is 6.54 Å². The quantitative estimate of drug-likeness (QED) is 0.806. The molecule has 1 N–H and O–H groups in total. The molecule has 0 saturated carbocycles. The lowest BCUT2D eigenvalue weighted by molar-refractivity contribution is -0.274. The number of carbonyl (C=O) groups excluding carboxylic acids is 3. The average molecular weight is 410 g/mol. The van der Waals surface area contributed by atoms with Crippen molar-refractivity contribution in [3.8, 4) is 5.75 Å². The van der Waals surface area contributed by atoms with Crippen LogP contribution < -0.4 is 10.1 Å². The van der Waals surface area contributed by atoms with E-state index in [0.717, 1.165) is 12.1 Å². The summed E-state index contributed by atoms with van der Waals surface area (Å²) >= 11 is 0. The number of hydrogen-bond acceptors (Lipinski definition) is 4. The van der Waals surface area contributed by atoms with E-state index in [2.05, 4.69) is 10.1 Å². The Morgan fingerprint density at radius 3 is 2.52 bits per heavy atom. The predicted octanol–water partition coefficient (Wildman–Crippen LogP) is 1.76. The fourth-order valence-corrected chi connectivity index (χ4v) is 3.68. The molecule has 4 rings (SSSR count). The number of piperazine rings is 2. The number of fused-ring (bicyclic) bond motifs is 2. The fourth-order valence-electron chi connectivity index (χ4n) is 3.68. The number of nitrogens with one attached hydrogen (secondary N) is 1. The van der Waals surface area contributed by atoms with E-state index in [9.17, 15) is 27.6 Å². The van der Waals surface area contributed by atoms with Crippen molar-refractivity contribution in [3.63, 3.8) is 0 Å². The molecule has 1 aromatic carbocycles. The summed E-state index contributed by atoms with van der Waals surface area (Å²) in [6.07, 6.45) is -2.41. The van der Waals surface area contributed by atoms with E-state index in [1.54, 1.807) is 6.08 Å². The molecule has 0 radical (unpaired) electrons. The van der Waals surface area contributed by atoms with Crippen molar-refractivity contribution >= 4 is 23.5 Å². The number of ether oxygens (including phenoxy) is 1.